The standard InChI is InChI=1S/C14H23N3O/c1-13(12-17-8-10-18-11-9-17)16-7-4-14-2-5-15-6-3-14/h2-3,5-6,13,16H,4,7-12H2,1H3. The zero-order chi connectivity index (χ0) is 12.6. The molecule has 1 aromatic rings. The second-order valence-electron chi connectivity index (χ2n) is 4.87. The molecule has 0 saturated carbocycles. The van der Waals surface area contributed by atoms with Crippen molar-refractivity contribution in [1.82, 2.24) is 15.2 Å². The number of pyridine rings is 1. The van der Waals surface area contributed by atoms with Gasteiger partial charge >= 0.3 is 0 Å². The van der Waals surface area contributed by atoms with Gasteiger partial charge in [0.2, 0.25) is 0 Å². The van der Waals surface area contributed by atoms with E-state index >= 15 is 0 Å². The molecular formula is C14H23N3O. The number of aromatic nitrogens is 1. The van der Waals surface area contributed by atoms with Crippen molar-refractivity contribution in [2.24, 2.45) is 0 Å². The highest BCUT2D eigenvalue weighted by Gasteiger charge is 2.12. The molecule has 0 bridgehead atoms. The van der Waals surface area contributed by atoms with E-state index in [0.29, 0.717) is 6.04 Å². The lowest BCUT2D eigenvalue weighted by Crippen LogP contribution is -2.44. The molecule has 2 heterocycles. The molecule has 1 fully saturated rings. The van der Waals surface area contributed by atoms with Gasteiger partial charge in [0.25, 0.3) is 0 Å². The molecule has 1 saturated heterocycles. The highest BCUT2D eigenvalue weighted by Crippen LogP contribution is 1.99. The minimum atomic E-state index is 0.532. The summed E-state index contributed by atoms with van der Waals surface area (Å²) in [6.07, 6.45) is 4.77. The van der Waals surface area contributed by atoms with Crippen molar-refractivity contribution in [2.45, 2.75) is 19.4 Å². The van der Waals surface area contributed by atoms with Crippen LogP contribution >= 0.6 is 0 Å². The third-order valence-electron chi connectivity index (χ3n) is 3.29. The van der Waals surface area contributed by atoms with Crippen LogP contribution < -0.4 is 5.32 Å². The smallest absolute Gasteiger partial charge is 0.0594 e. The summed E-state index contributed by atoms with van der Waals surface area (Å²) >= 11 is 0. The molecule has 1 N–H and O–H groups in total. The van der Waals surface area contributed by atoms with Crippen molar-refractivity contribution in [3.63, 3.8) is 0 Å². The van der Waals surface area contributed by atoms with E-state index < -0.39 is 0 Å². The van der Waals surface area contributed by atoms with Crippen LogP contribution in [0.1, 0.15) is 12.5 Å². The predicted octanol–water partition coefficient (Wildman–Crippen LogP) is 0.934. The molecule has 0 radical (unpaired) electrons. The maximum Gasteiger partial charge on any atom is 0.0594 e. The number of morpholine rings is 1. The summed E-state index contributed by atoms with van der Waals surface area (Å²) in [5, 5.41) is 3.58. The largest absolute Gasteiger partial charge is 0.379 e. The Morgan fingerprint density at radius 3 is 2.78 bits per heavy atom. The number of ether oxygens (including phenoxy) is 1. The third-order valence-corrected chi connectivity index (χ3v) is 3.29. The van der Waals surface area contributed by atoms with Gasteiger partial charge in [-0.25, -0.2) is 0 Å². The van der Waals surface area contributed by atoms with Crippen LogP contribution in [0.25, 0.3) is 0 Å². The first kappa shape index (κ1) is 13.5. The van der Waals surface area contributed by atoms with Gasteiger partial charge in [0, 0.05) is 38.1 Å². The van der Waals surface area contributed by atoms with Crippen LogP contribution in [0.2, 0.25) is 0 Å². The first-order chi connectivity index (χ1) is 8.84. The summed E-state index contributed by atoms with van der Waals surface area (Å²) in [6, 6.07) is 4.69. The first-order valence-corrected chi connectivity index (χ1v) is 6.77. The summed E-state index contributed by atoms with van der Waals surface area (Å²) in [7, 11) is 0. The second-order valence-corrected chi connectivity index (χ2v) is 4.87. The number of rotatable bonds is 6. The van der Waals surface area contributed by atoms with Crippen molar-refractivity contribution in [2.75, 3.05) is 39.4 Å². The fourth-order valence-corrected chi connectivity index (χ4v) is 2.25. The number of nitrogens with one attached hydrogen (secondary N) is 1. The Morgan fingerprint density at radius 2 is 2.06 bits per heavy atom. The zero-order valence-corrected chi connectivity index (χ0v) is 11.1. The van der Waals surface area contributed by atoms with E-state index in [0.717, 1.165) is 45.8 Å². The highest BCUT2D eigenvalue weighted by atomic mass is 16.5. The molecule has 4 nitrogen and oxygen atoms in total. The Bertz CT molecular complexity index is 325. The molecule has 1 aliphatic heterocycles. The molecule has 1 aromatic heterocycles. The molecule has 18 heavy (non-hydrogen) atoms. The first-order valence-electron chi connectivity index (χ1n) is 6.77. The molecule has 2 rings (SSSR count). The summed E-state index contributed by atoms with van der Waals surface area (Å²) in [5.41, 5.74) is 1.34. The highest BCUT2D eigenvalue weighted by molar-refractivity contribution is 5.09. The topological polar surface area (TPSA) is 37.4 Å². The fraction of sp³-hybridized carbons (Fsp3) is 0.643. The normalized spacial score (nSPS) is 18.7. The molecule has 0 aliphatic carbocycles. The monoisotopic (exact) mass is 249 g/mol. The van der Waals surface area contributed by atoms with E-state index in [1.165, 1.54) is 5.56 Å². The molecule has 100 valence electrons. The summed E-state index contributed by atoms with van der Waals surface area (Å²) in [5.74, 6) is 0. The number of hydrogen-bond acceptors (Lipinski definition) is 4. The average Bonchev–Trinajstić information content (AvgIpc) is 2.41. The molecule has 0 aromatic carbocycles. The van der Waals surface area contributed by atoms with Crippen LogP contribution in [0.15, 0.2) is 24.5 Å². The lowest BCUT2D eigenvalue weighted by atomic mass is 10.2. The van der Waals surface area contributed by atoms with Gasteiger partial charge in [0.1, 0.15) is 0 Å². The van der Waals surface area contributed by atoms with Crippen LogP contribution in [0.3, 0.4) is 0 Å². The van der Waals surface area contributed by atoms with E-state index in [1.54, 1.807) is 0 Å². The van der Waals surface area contributed by atoms with Crippen molar-refractivity contribution in [1.29, 1.82) is 0 Å². The van der Waals surface area contributed by atoms with Crippen LogP contribution in [-0.2, 0) is 11.2 Å². The van der Waals surface area contributed by atoms with Gasteiger partial charge in [-0.3, -0.25) is 9.88 Å². The predicted molar refractivity (Wildman–Crippen MR) is 72.7 cm³/mol. The molecular weight excluding hydrogens is 226 g/mol. The SMILES string of the molecule is CC(CN1CCOCC1)NCCc1ccncc1. The zero-order valence-electron chi connectivity index (χ0n) is 11.1. The minimum absolute atomic E-state index is 0.532. The van der Waals surface area contributed by atoms with Crippen molar-refractivity contribution in [3.8, 4) is 0 Å². The van der Waals surface area contributed by atoms with Gasteiger partial charge in [-0.05, 0) is 37.6 Å². The van der Waals surface area contributed by atoms with E-state index in [2.05, 4.69) is 34.3 Å². The van der Waals surface area contributed by atoms with Gasteiger partial charge in [0.05, 0.1) is 13.2 Å². The Kier molecular flexibility index (Phi) is 5.58. The molecule has 0 spiro atoms. The maximum atomic E-state index is 5.35. The molecule has 1 aliphatic rings. The van der Waals surface area contributed by atoms with Crippen LogP contribution in [0, 0.1) is 0 Å². The minimum Gasteiger partial charge on any atom is -0.379 e. The Labute approximate surface area is 109 Å². The van der Waals surface area contributed by atoms with E-state index in [4.69, 9.17) is 4.74 Å². The van der Waals surface area contributed by atoms with Crippen molar-refractivity contribution in [3.05, 3.63) is 30.1 Å². The van der Waals surface area contributed by atoms with Crippen molar-refractivity contribution >= 4 is 0 Å². The van der Waals surface area contributed by atoms with E-state index in [9.17, 15) is 0 Å². The van der Waals surface area contributed by atoms with Gasteiger partial charge in [-0.15, -0.1) is 0 Å². The Hall–Kier alpha value is -0.970. The van der Waals surface area contributed by atoms with Crippen molar-refractivity contribution < 1.29 is 4.74 Å². The third kappa shape index (κ3) is 4.72. The summed E-state index contributed by atoms with van der Waals surface area (Å²) in [6.45, 7) is 8.28. The van der Waals surface area contributed by atoms with Crippen LogP contribution in [-0.4, -0.2) is 55.3 Å². The lowest BCUT2D eigenvalue weighted by Gasteiger charge is -2.29. The van der Waals surface area contributed by atoms with Crippen LogP contribution in [0.5, 0.6) is 0 Å². The number of hydrogen-bond donors (Lipinski definition) is 1. The van der Waals surface area contributed by atoms with Gasteiger partial charge in [0.15, 0.2) is 0 Å². The quantitative estimate of drug-likeness (QED) is 0.814. The molecule has 4 heteroatoms. The fourth-order valence-electron chi connectivity index (χ4n) is 2.25. The Morgan fingerprint density at radius 1 is 1.33 bits per heavy atom. The van der Waals surface area contributed by atoms with Crippen LogP contribution in [0.4, 0.5) is 0 Å². The molecule has 0 amide bonds. The summed E-state index contributed by atoms with van der Waals surface area (Å²) in [4.78, 5) is 6.49. The van der Waals surface area contributed by atoms with E-state index in [-0.39, 0.29) is 0 Å². The molecule has 1 unspecified atom stereocenters. The summed E-state index contributed by atoms with van der Waals surface area (Å²) < 4.78 is 5.35. The molecule has 1 atom stereocenters. The average molecular weight is 249 g/mol. The lowest BCUT2D eigenvalue weighted by molar-refractivity contribution is 0.0344. The second kappa shape index (κ2) is 7.46. The number of nitrogens with zero attached hydrogens (tertiary/aromatic N) is 2. The van der Waals surface area contributed by atoms with Gasteiger partial charge < -0.3 is 10.1 Å². The maximum absolute atomic E-state index is 5.35. The Balaban J connectivity index is 1.61. The van der Waals surface area contributed by atoms with E-state index in [1.807, 2.05) is 12.4 Å². The van der Waals surface area contributed by atoms with Gasteiger partial charge in [-0.2, -0.15) is 0 Å². The van der Waals surface area contributed by atoms with Gasteiger partial charge in [-0.1, -0.05) is 0 Å².